The average Bonchev–Trinajstić information content (AvgIpc) is 3.14. The zero-order valence-electron chi connectivity index (χ0n) is 13.5. The van der Waals surface area contributed by atoms with Gasteiger partial charge in [0.25, 0.3) is 11.5 Å². The second kappa shape index (κ2) is 6.53. The number of hydrogen-bond donors (Lipinski definition) is 3. The highest BCUT2D eigenvalue weighted by atomic mass is 16.2. The Morgan fingerprint density at radius 1 is 1.38 bits per heavy atom. The molecule has 0 spiro atoms. The van der Waals surface area contributed by atoms with Gasteiger partial charge in [0.05, 0.1) is 5.69 Å². The lowest BCUT2D eigenvalue weighted by Gasteiger charge is -2.03. The first-order chi connectivity index (χ1) is 11.5. The van der Waals surface area contributed by atoms with E-state index in [0.29, 0.717) is 35.9 Å². The van der Waals surface area contributed by atoms with Crippen molar-refractivity contribution in [1.82, 2.24) is 30.0 Å². The van der Waals surface area contributed by atoms with Crippen molar-refractivity contribution in [3.8, 4) is 11.4 Å². The molecule has 0 aliphatic carbocycles. The molecule has 8 nitrogen and oxygen atoms in total. The highest BCUT2D eigenvalue weighted by molar-refractivity contribution is 5.93. The number of aromatic nitrogens is 5. The van der Waals surface area contributed by atoms with Crippen molar-refractivity contribution < 1.29 is 4.79 Å². The van der Waals surface area contributed by atoms with E-state index >= 15 is 0 Å². The maximum atomic E-state index is 12.2. The van der Waals surface area contributed by atoms with E-state index in [1.165, 1.54) is 6.07 Å². The Morgan fingerprint density at radius 2 is 2.21 bits per heavy atom. The Kier molecular flexibility index (Phi) is 4.28. The van der Waals surface area contributed by atoms with Crippen LogP contribution in [0.4, 0.5) is 0 Å². The monoisotopic (exact) mass is 326 g/mol. The Hall–Kier alpha value is -3.16. The van der Waals surface area contributed by atoms with Crippen LogP contribution < -0.4 is 10.9 Å². The predicted molar refractivity (Wildman–Crippen MR) is 88.6 cm³/mol. The highest BCUT2D eigenvalue weighted by Gasteiger charge is 2.12. The van der Waals surface area contributed by atoms with Gasteiger partial charge in [0.1, 0.15) is 17.2 Å². The number of carbonyl (C=O) groups is 1. The molecule has 0 aromatic carbocycles. The molecule has 0 bridgehead atoms. The number of amides is 1. The molecule has 0 radical (unpaired) electrons. The Balaban J connectivity index is 1.60. The molecule has 0 aliphatic rings. The van der Waals surface area contributed by atoms with Gasteiger partial charge in [-0.15, -0.1) is 0 Å². The zero-order valence-corrected chi connectivity index (χ0v) is 13.5. The molecule has 3 aromatic rings. The molecule has 0 fully saturated rings. The number of H-pyrrole nitrogens is 2. The molecule has 3 heterocycles. The largest absolute Gasteiger partial charge is 0.350 e. The summed E-state index contributed by atoms with van der Waals surface area (Å²) in [6.45, 7) is 2.12. The van der Waals surface area contributed by atoms with E-state index in [4.69, 9.17) is 0 Å². The first kappa shape index (κ1) is 15.7. The fourth-order valence-electron chi connectivity index (χ4n) is 2.45. The van der Waals surface area contributed by atoms with Crippen LogP contribution in [-0.4, -0.2) is 37.2 Å². The molecule has 1 amide bonds. The summed E-state index contributed by atoms with van der Waals surface area (Å²) in [7, 11) is 1.92. The fraction of sp³-hybridized carbons (Fsp3) is 0.250. The number of hydrogen-bond acceptors (Lipinski definition) is 4. The van der Waals surface area contributed by atoms with Crippen molar-refractivity contribution in [2.75, 3.05) is 6.54 Å². The van der Waals surface area contributed by atoms with E-state index in [2.05, 4.69) is 25.5 Å². The van der Waals surface area contributed by atoms with E-state index in [1.807, 2.05) is 29.9 Å². The second-order valence-electron chi connectivity index (χ2n) is 5.51. The third kappa shape index (κ3) is 3.43. The Morgan fingerprint density at radius 3 is 2.92 bits per heavy atom. The summed E-state index contributed by atoms with van der Waals surface area (Å²) in [6, 6.07) is 6.98. The number of aryl methyl sites for hydroxylation is 2. The van der Waals surface area contributed by atoms with Crippen LogP contribution in [-0.2, 0) is 13.5 Å². The van der Waals surface area contributed by atoms with Crippen LogP contribution >= 0.6 is 0 Å². The lowest BCUT2D eigenvalue weighted by Crippen LogP contribution is -2.27. The van der Waals surface area contributed by atoms with Gasteiger partial charge in [-0.3, -0.25) is 14.7 Å². The molecule has 3 rings (SSSR count). The number of nitrogens with zero attached hydrogens (tertiary/aromatic N) is 3. The van der Waals surface area contributed by atoms with Crippen LogP contribution in [0.2, 0.25) is 0 Å². The molecule has 3 N–H and O–H groups in total. The number of aromatic amines is 2. The summed E-state index contributed by atoms with van der Waals surface area (Å²) < 4.78 is 1.93. The fourth-order valence-corrected chi connectivity index (χ4v) is 2.45. The minimum Gasteiger partial charge on any atom is -0.350 e. The minimum atomic E-state index is -0.252. The van der Waals surface area contributed by atoms with Gasteiger partial charge in [-0.25, -0.2) is 4.98 Å². The maximum absolute atomic E-state index is 12.2. The number of nitrogens with one attached hydrogen (secondary N) is 3. The van der Waals surface area contributed by atoms with E-state index in [-0.39, 0.29) is 11.5 Å². The van der Waals surface area contributed by atoms with Gasteiger partial charge >= 0.3 is 0 Å². The van der Waals surface area contributed by atoms with Gasteiger partial charge < -0.3 is 14.9 Å². The molecule has 0 saturated carbocycles. The quantitative estimate of drug-likeness (QED) is 0.644. The van der Waals surface area contributed by atoms with Crippen LogP contribution in [0, 0.1) is 6.92 Å². The molecule has 124 valence electrons. The molecular weight excluding hydrogens is 308 g/mol. The third-order valence-electron chi connectivity index (χ3n) is 3.59. The lowest BCUT2D eigenvalue weighted by molar-refractivity contribution is 0.0949. The van der Waals surface area contributed by atoms with Crippen LogP contribution in [0.1, 0.15) is 22.0 Å². The molecule has 0 unspecified atom stereocenters. The van der Waals surface area contributed by atoms with E-state index in [0.717, 1.165) is 5.69 Å². The number of carbonyl (C=O) groups excluding carboxylic acids is 1. The maximum Gasteiger partial charge on any atom is 0.269 e. The molecule has 24 heavy (non-hydrogen) atoms. The van der Waals surface area contributed by atoms with Gasteiger partial charge in [-0.1, -0.05) is 0 Å². The summed E-state index contributed by atoms with van der Waals surface area (Å²) in [6.07, 6.45) is 2.36. The molecular formula is C16H18N6O2. The minimum absolute atomic E-state index is 0.190. The van der Waals surface area contributed by atoms with Gasteiger partial charge in [0, 0.05) is 38.0 Å². The standard InChI is InChI=1S/C16H18N6O2/c1-10-8-15(23)19-14(18-10)5-6-17-16(24)12-9-11(20-21-12)13-4-3-7-22(13)2/h3-4,7-9H,5-6H2,1-2H3,(H,17,24)(H,20,21)(H,18,19,23). The highest BCUT2D eigenvalue weighted by Crippen LogP contribution is 2.17. The van der Waals surface area contributed by atoms with Crippen molar-refractivity contribution in [3.05, 3.63) is 58.0 Å². The Labute approximate surface area is 137 Å². The van der Waals surface area contributed by atoms with E-state index < -0.39 is 0 Å². The van der Waals surface area contributed by atoms with Gasteiger partial charge in [-0.05, 0) is 25.1 Å². The predicted octanol–water partition coefficient (Wildman–Crippen LogP) is 0.779. The topological polar surface area (TPSA) is 108 Å². The van der Waals surface area contributed by atoms with E-state index in [1.54, 1.807) is 13.0 Å². The average molecular weight is 326 g/mol. The van der Waals surface area contributed by atoms with Crippen molar-refractivity contribution in [2.45, 2.75) is 13.3 Å². The smallest absolute Gasteiger partial charge is 0.269 e. The van der Waals surface area contributed by atoms with Crippen LogP contribution in [0.25, 0.3) is 11.4 Å². The van der Waals surface area contributed by atoms with Crippen molar-refractivity contribution in [2.24, 2.45) is 7.05 Å². The summed E-state index contributed by atoms with van der Waals surface area (Å²) in [5.41, 5.74) is 2.48. The molecule has 0 aliphatic heterocycles. The number of rotatable bonds is 5. The zero-order chi connectivity index (χ0) is 17.1. The van der Waals surface area contributed by atoms with Crippen molar-refractivity contribution >= 4 is 5.91 Å². The van der Waals surface area contributed by atoms with Gasteiger partial charge in [-0.2, -0.15) is 5.10 Å². The molecule has 0 saturated heterocycles. The van der Waals surface area contributed by atoms with Gasteiger partial charge in [0.15, 0.2) is 0 Å². The third-order valence-corrected chi connectivity index (χ3v) is 3.59. The Bertz CT molecular complexity index is 921. The first-order valence-electron chi connectivity index (χ1n) is 7.55. The molecule has 3 aromatic heterocycles. The van der Waals surface area contributed by atoms with Crippen LogP contribution in [0.3, 0.4) is 0 Å². The first-order valence-corrected chi connectivity index (χ1v) is 7.55. The second-order valence-corrected chi connectivity index (χ2v) is 5.51. The lowest BCUT2D eigenvalue weighted by atomic mass is 10.2. The SMILES string of the molecule is Cc1cc(=O)[nH]c(CCNC(=O)c2cc(-c3cccn3C)n[nH]2)n1. The van der Waals surface area contributed by atoms with Crippen molar-refractivity contribution in [1.29, 1.82) is 0 Å². The van der Waals surface area contributed by atoms with Crippen molar-refractivity contribution in [3.63, 3.8) is 0 Å². The summed E-state index contributed by atoms with van der Waals surface area (Å²) in [5, 5.41) is 9.68. The molecule has 0 atom stereocenters. The summed E-state index contributed by atoms with van der Waals surface area (Å²) in [4.78, 5) is 30.4. The van der Waals surface area contributed by atoms with E-state index in [9.17, 15) is 9.59 Å². The molecule has 8 heteroatoms. The van der Waals surface area contributed by atoms with Crippen LogP contribution in [0.15, 0.2) is 35.3 Å². The summed E-state index contributed by atoms with van der Waals surface area (Å²) in [5.74, 6) is 0.298. The normalized spacial score (nSPS) is 10.8. The summed E-state index contributed by atoms with van der Waals surface area (Å²) >= 11 is 0. The van der Waals surface area contributed by atoms with Crippen LogP contribution in [0.5, 0.6) is 0 Å². The van der Waals surface area contributed by atoms with Gasteiger partial charge in [0.2, 0.25) is 0 Å².